The van der Waals surface area contributed by atoms with Gasteiger partial charge in [0, 0.05) is 56.4 Å². The lowest BCUT2D eigenvalue weighted by Gasteiger charge is -2.47. The second-order valence-corrected chi connectivity index (χ2v) is 18.9. The maximum absolute atomic E-state index is 14.4. The molecule has 3 aliphatic heterocycles. The topological polar surface area (TPSA) is 158 Å². The van der Waals surface area contributed by atoms with Crippen LogP contribution in [0.1, 0.15) is 112 Å². The average molecular weight is 867 g/mol. The first kappa shape index (κ1) is 47.4. The largest absolute Gasteiger partial charge is 0.456 e. The molecule has 0 aromatic carbocycles. The highest BCUT2D eigenvalue weighted by molar-refractivity contribution is 9.10. The van der Waals surface area contributed by atoms with E-state index in [9.17, 15) is 29.4 Å². The van der Waals surface area contributed by atoms with Crippen LogP contribution in [0.4, 0.5) is 0 Å². The van der Waals surface area contributed by atoms with Gasteiger partial charge in [0.05, 0.1) is 24.4 Å². The van der Waals surface area contributed by atoms with Crippen LogP contribution in [-0.2, 0) is 42.9 Å². The van der Waals surface area contributed by atoms with Gasteiger partial charge in [-0.05, 0) is 96.0 Å². The van der Waals surface area contributed by atoms with Crippen LogP contribution in [-0.4, -0.2) is 119 Å². The Labute approximate surface area is 348 Å². The van der Waals surface area contributed by atoms with Crippen molar-refractivity contribution in [2.24, 2.45) is 23.7 Å². The Morgan fingerprint density at radius 1 is 1.02 bits per heavy atom. The van der Waals surface area contributed by atoms with Gasteiger partial charge in [-0.15, -0.1) is 6.58 Å². The van der Waals surface area contributed by atoms with Crippen LogP contribution in [0.2, 0.25) is 0 Å². The van der Waals surface area contributed by atoms with Crippen molar-refractivity contribution in [1.29, 1.82) is 0 Å². The van der Waals surface area contributed by atoms with Crippen molar-refractivity contribution in [1.82, 2.24) is 4.90 Å². The molecule has 0 radical (unpaired) electrons. The van der Waals surface area contributed by atoms with Crippen LogP contribution in [0.5, 0.6) is 0 Å². The van der Waals surface area contributed by atoms with Gasteiger partial charge in [0.2, 0.25) is 5.79 Å². The first-order chi connectivity index (χ1) is 26.9. The van der Waals surface area contributed by atoms with Crippen molar-refractivity contribution >= 4 is 39.4 Å². The first-order valence-corrected chi connectivity index (χ1v) is 21.6. The summed E-state index contributed by atoms with van der Waals surface area (Å²) in [6.45, 7) is 13.2. The second kappa shape index (κ2) is 20.8. The lowest BCUT2D eigenvalue weighted by Crippen LogP contribution is -2.64. The van der Waals surface area contributed by atoms with E-state index >= 15 is 0 Å². The van der Waals surface area contributed by atoms with E-state index in [1.54, 1.807) is 27.0 Å². The van der Waals surface area contributed by atoms with Crippen molar-refractivity contribution in [3.8, 4) is 0 Å². The fraction of sp³-hybridized carbons (Fsp3) is 0.773. The SMILES string of the molecule is C=CCC1C=C(C)CC(C)CC(OC)C2OC(O)(C(=O)C(=O)N3CCCCC3C(=O)OC(C(C)=CC3(Br)CCCC(OC)C3)C(C)C(O)CC1=O)C(C)CC2OC. The van der Waals surface area contributed by atoms with E-state index in [2.05, 4.69) is 22.5 Å². The third-order valence-electron chi connectivity index (χ3n) is 12.8. The molecular weight excluding hydrogens is 798 g/mol. The van der Waals surface area contributed by atoms with Gasteiger partial charge in [0.15, 0.2) is 0 Å². The number of hydrogen-bond donors (Lipinski definition) is 2. The highest BCUT2D eigenvalue weighted by Crippen LogP contribution is 2.41. The molecule has 12 nitrogen and oxygen atoms in total. The quantitative estimate of drug-likeness (QED) is 0.130. The van der Waals surface area contributed by atoms with Crippen molar-refractivity contribution in [3.05, 3.63) is 36.0 Å². The van der Waals surface area contributed by atoms with Gasteiger partial charge in [-0.2, -0.15) is 0 Å². The Balaban J connectivity index is 1.80. The van der Waals surface area contributed by atoms with Crippen LogP contribution < -0.4 is 0 Å². The number of hydrogen-bond acceptors (Lipinski definition) is 11. The lowest BCUT2D eigenvalue weighted by molar-refractivity contribution is -0.302. The van der Waals surface area contributed by atoms with Crippen LogP contribution >= 0.6 is 15.9 Å². The zero-order chi connectivity index (χ0) is 42.2. The molecule has 57 heavy (non-hydrogen) atoms. The average Bonchev–Trinajstić information content (AvgIpc) is 3.18. The molecule has 3 fully saturated rings. The molecule has 4 aliphatic rings. The van der Waals surface area contributed by atoms with E-state index in [-0.39, 0.29) is 43.6 Å². The molecule has 4 rings (SSSR count). The number of nitrogens with zero attached hydrogens (tertiary/aromatic N) is 1. The van der Waals surface area contributed by atoms with Gasteiger partial charge in [-0.3, -0.25) is 14.4 Å². The number of fused-ring (bicyclic) bond motifs is 3. The Morgan fingerprint density at radius 3 is 2.35 bits per heavy atom. The minimum Gasteiger partial charge on any atom is -0.456 e. The highest BCUT2D eigenvalue weighted by Gasteiger charge is 2.56. The number of piperidine rings is 1. The maximum Gasteiger partial charge on any atom is 0.329 e. The van der Waals surface area contributed by atoms with Crippen LogP contribution in [0, 0.1) is 23.7 Å². The summed E-state index contributed by atoms with van der Waals surface area (Å²) in [6.07, 6.45) is 7.75. The number of esters is 1. The maximum atomic E-state index is 14.4. The number of allylic oxidation sites excluding steroid dienone is 4. The van der Waals surface area contributed by atoms with E-state index in [4.69, 9.17) is 23.7 Å². The van der Waals surface area contributed by atoms with Crippen LogP contribution in [0.25, 0.3) is 0 Å². The molecule has 13 atom stereocenters. The Kier molecular flexibility index (Phi) is 17.3. The number of rotatable bonds is 7. The molecule has 1 aliphatic carbocycles. The molecule has 0 aromatic rings. The molecule has 13 heteroatoms. The van der Waals surface area contributed by atoms with E-state index < -0.39 is 82.1 Å². The number of amides is 1. The molecular formula is C44H68BrNO11. The third-order valence-corrected chi connectivity index (χ3v) is 13.7. The molecule has 2 saturated heterocycles. The van der Waals surface area contributed by atoms with Gasteiger partial charge in [0.25, 0.3) is 11.7 Å². The zero-order valence-corrected chi connectivity index (χ0v) is 37.0. The molecule has 0 spiro atoms. The number of carbonyl (C=O) groups is 4. The number of ketones is 2. The molecule has 1 amide bonds. The van der Waals surface area contributed by atoms with Crippen LogP contribution in [0.15, 0.2) is 36.0 Å². The van der Waals surface area contributed by atoms with E-state index in [1.807, 2.05) is 32.9 Å². The van der Waals surface area contributed by atoms with Gasteiger partial charge in [0.1, 0.15) is 24.0 Å². The van der Waals surface area contributed by atoms with Crippen molar-refractivity contribution in [2.45, 2.75) is 164 Å². The number of halogens is 1. The summed E-state index contributed by atoms with van der Waals surface area (Å²) in [7, 11) is 4.76. The first-order valence-electron chi connectivity index (χ1n) is 20.8. The molecule has 3 heterocycles. The van der Waals surface area contributed by atoms with Crippen LogP contribution in [0.3, 0.4) is 0 Å². The number of ether oxygens (including phenoxy) is 5. The van der Waals surface area contributed by atoms with E-state index in [0.717, 1.165) is 24.8 Å². The number of cyclic esters (lactones) is 1. The summed E-state index contributed by atoms with van der Waals surface area (Å²) in [5.41, 5.74) is 1.65. The normalized spacial score (nSPS) is 40.1. The summed E-state index contributed by atoms with van der Waals surface area (Å²) in [5, 5.41) is 23.8. The molecule has 1 saturated carbocycles. The minimum absolute atomic E-state index is 0.0186. The third kappa shape index (κ3) is 11.5. The Bertz CT molecular complexity index is 1500. The monoisotopic (exact) mass is 865 g/mol. The van der Waals surface area contributed by atoms with Gasteiger partial charge < -0.3 is 38.8 Å². The van der Waals surface area contributed by atoms with Crippen molar-refractivity contribution in [2.75, 3.05) is 27.9 Å². The summed E-state index contributed by atoms with van der Waals surface area (Å²) < 4.78 is 29.6. The Morgan fingerprint density at radius 2 is 1.70 bits per heavy atom. The molecule has 0 aromatic heterocycles. The smallest absolute Gasteiger partial charge is 0.329 e. The van der Waals surface area contributed by atoms with Crippen molar-refractivity contribution < 1.29 is 53.1 Å². The van der Waals surface area contributed by atoms with Gasteiger partial charge >= 0.3 is 5.97 Å². The molecule has 2 N–H and O–H groups in total. The fourth-order valence-corrected chi connectivity index (χ4v) is 10.4. The molecule has 2 bridgehead atoms. The number of carbonyl (C=O) groups excluding carboxylic acids is 4. The number of aliphatic hydroxyl groups excluding tert-OH is 1. The minimum atomic E-state index is -2.50. The molecule has 322 valence electrons. The predicted octanol–water partition coefficient (Wildman–Crippen LogP) is 6.19. The van der Waals surface area contributed by atoms with E-state index in [1.165, 1.54) is 19.1 Å². The highest BCUT2D eigenvalue weighted by atomic mass is 79.9. The number of Topliss-reactive ketones (excluding diaryl/α,β-unsaturated/α-hetero) is 2. The van der Waals surface area contributed by atoms with Gasteiger partial charge in [-0.1, -0.05) is 60.5 Å². The summed E-state index contributed by atoms with van der Waals surface area (Å²) in [5.74, 6) is -7.62. The predicted molar refractivity (Wildman–Crippen MR) is 219 cm³/mol. The summed E-state index contributed by atoms with van der Waals surface area (Å²) in [4.78, 5) is 58.0. The van der Waals surface area contributed by atoms with Crippen molar-refractivity contribution in [3.63, 3.8) is 0 Å². The number of aliphatic hydroxyl groups is 2. The fourth-order valence-electron chi connectivity index (χ4n) is 9.44. The number of alkyl halides is 1. The molecule has 13 unspecified atom stereocenters. The van der Waals surface area contributed by atoms with Gasteiger partial charge in [-0.25, -0.2) is 4.79 Å². The summed E-state index contributed by atoms with van der Waals surface area (Å²) >= 11 is 3.94. The Hall–Kier alpha value is -2.26. The standard InChI is InChI=1S/C44H68BrNO11/c1-10-14-31-20-26(2)19-27(3)21-36(54-8)39-37(55-9)22-29(5)44(52,57-39)40(49)41(50)46-18-12-11-16-33(46)42(51)56-38(30(6)34(47)23-35(31)48)28(4)24-43(45)17-13-15-32(25-43)53-7/h10,20,24,27,29-34,36-39,47,52H,1,11-19,21-23,25H2,2-9H3. The zero-order valence-electron chi connectivity index (χ0n) is 35.4. The second-order valence-electron chi connectivity index (χ2n) is 17.3. The van der Waals surface area contributed by atoms with E-state index in [0.29, 0.717) is 44.1 Å². The summed E-state index contributed by atoms with van der Waals surface area (Å²) in [6, 6.07) is -1.13. The number of methoxy groups -OCH3 is 3. The lowest BCUT2D eigenvalue weighted by atomic mass is 9.82.